The minimum atomic E-state index is -0.890. The third-order valence-corrected chi connectivity index (χ3v) is 6.43. The highest BCUT2D eigenvalue weighted by Crippen LogP contribution is 2.23. The van der Waals surface area contributed by atoms with Crippen LogP contribution in [0.25, 0.3) is 0 Å². The first-order chi connectivity index (χ1) is 15.5. The zero-order valence-corrected chi connectivity index (χ0v) is 19.4. The Morgan fingerprint density at radius 2 is 1.81 bits per heavy atom. The summed E-state index contributed by atoms with van der Waals surface area (Å²) in [5, 5.41) is 0.822. The molecule has 1 heterocycles. The predicted octanol–water partition coefficient (Wildman–Crippen LogP) is 5.71. The van der Waals surface area contributed by atoms with Crippen molar-refractivity contribution in [2.75, 3.05) is 39.5 Å². The molecule has 8 heteroatoms. The first-order valence-electron chi connectivity index (χ1n) is 10.9. The fourth-order valence-electron chi connectivity index (χ4n) is 3.79. The average molecular weight is 466 g/mol. The molecule has 0 aromatic heterocycles. The summed E-state index contributed by atoms with van der Waals surface area (Å²) in [4.78, 5) is 9.14. The van der Waals surface area contributed by atoms with Gasteiger partial charge in [0.1, 0.15) is 17.3 Å². The molecule has 2 aromatic rings. The largest absolute Gasteiger partial charge is 0.493 e. The number of hydrogen-bond donors (Lipinski definition) is 0. The number of nitrogens with zero attached hydrogens (tertiary/aromatic N) is 3. The van der Waals surface area contributed by atoms with Gasteiger partial charge in [0, 0.05) is 32.2 Å². The second-order valence-electron chi connectivity index (χ2n) is 7.87. The van der Waals surface area contributed by atoms with Crippen LogP contribution in [-0.4, -0.2) is 60.6 Å². The van der Waals surface area contributed by atoms with E-state index in [1.165, 1.54) is 23.9 Å². The van der Waals surface area contributed by atoms with Crippen molar-refractivity contribution in [3.8, 4) is 5.75 Å². The molecule has 0 N–H and O–H groups in total. The fraction of sp³-hybridized carbons (Fsp3) is 0.458. The molecule has 2 aromatic carbocycles. The zero-order chi connectivity index (χ0) is 22.9. The van der Waals surface area contributed by atoms with Gasteiger partial charge in [0.2, 0.25) is 0 Å². The SMILES string of the molecule is CSC(=Nc1ccccc1F)N(C)C1CCN(CCCCOc2ccc(F)c(F)c2)CC1. The van der Waals surface area contributed by atoms with E-state index in [1.807, 2.05) is 13.3 Å². The number of hydrogen-bond acceptors (Lipinski definition) is 4. The molecule has 1 aliphatic heterocycles. The van der Waals surface area contributed by atoms with Crippen molar-refractivity contribution in [1.82, 2.24) is 9.80 Å². The standard InChI is InChI=1S/C24H30F3N3OS/c1-29(24(32-2)28-23-8-4-3-7-21(23)26)18-11-14-30(15-12-18)13-5-6-16-31-19-9-10-20(25)22(27)17-19/h3-4,7-10,17-18H,5-6,11-16H2,1-2H3. The van der Waals surface area contributed by atoms with Crippen LogP contribution in [0.2, 0.25) is 0 Å². The van der Waals surface area contributed by atoms with Crippen LogP contribution in [0.15, 0.2) is 47.5 Å². The molecular weight excluding hydrogens is 435 g/mol. The van der Waals surface area contributed by atoms with Crippen LogP contribution in [0.3, 0.4) is 0 Å². The van der Waals surface area contributed by atoms with Crippen LogP contribution in [0.4, 0.5) is 18.9 Å². The van der Waals surface area contributed by atoms with Gasteiger partial charge in [0.05, 0.1) is 6.61 Å². The molecule has 0 spiro atoms. The van der Waals surface area contributed by atoms with Gasteiger partial charge in [0.25, 0.3) is 0 Å². The van der Waals surface area contributed by atoms with Crippen LogP contribution < -0.4 is 4.74 Å². The van der Waals surface area contributed by atoms with E-state index in [9.17, 15) is 13.2 Å². The molecule has 174 valence electrons. The van der Waals surface area contributed by atoms with Gasteiger partial charge in [-0.2, -0.15) is 0 Å². The predicted molar refractivity (Wildman–Crippen MR) is 125 cm³/mol. The van der Waals surface area contributed by atoms with E-state index < -0.39 is 11.6 Å². The molecule has 1 fully saturated rings. The number of aliphatic imine (C=N–C) groups is 1. The Hall–Kier alpha value is -2.19. The van der Waals surface area contributed by atoms with Gasteiger partial charge in [-0.1, -0.05) is 23.9 Å². The minimum absolute atomic E-state index is 0.309. The van der Waals surface area contributed by atoms with Crippen molar-refractivity contribution in [1.29, 1.82) is 0 Å². The van der Waals surface area contributed by atoms with Crippen LogP contribution in [0, 0.1) is 17.5 Å². The topological polar surface area (TPSA) is 28.1 Å². The lowest BCUT2D eigenvalue weighted by molar-refractivity contribution is 0.162. The molecule has 0 saturated carbocycles. The van der Waals surface area contributed by atoms with Crippen molar-refractivity contribution in [2.45, 2.75) is 31.7 Å². The second kappa shape index (κ2) is 12.2. The van der Waals surface area contributed by atoms with E-state index >= 15 is 0 Å². The maximum Gasteiger partial charge on any atom is 0.164 e. The van der Waals surface area contributed by atoms with E-state index in [1.54, 1.807) is 18.2 Å². The number of benzene rings is 2. The highest BCUT2D eigenvalue weighted by atomic mass is 32.2. The summed E-state index contributed by atoms with van der Waals surface area (Å²) in [6.45, 7) is 3.46. The summed E-state index contributed by atoms with van der Waals surface area (Å²) < 4.78 is 45.6. The number of amidine groups is 1. The van der Waals surface area contributed by atoms with Gasteiger partial charge >= 0.3 is 0 Å². The molecule has 1 saturated heterocycles. The summed E-state index contributed by atoms with van der Waals surface area (Å²) in [6, 6.07) is 10.6. The number of halogens is 3. The average Bonchev–Trinajstić information content (AvgIpc) is 2.80. The Kier molecular flexibility index (Phi) is 9.29. The van der Waals surface area contributed by atoms with Gasteiger partial charge < -0.3 is 14.5 Å². The summed E-state index contributed by atoms with van der Waals surface area (Å²) in [7, 11) is 2.03. The van der Waals surface area contributed by atoms with E-state index in [-0.39, 0.29) is 5.82 Å². The maximum absolute atomic E-state index is 14.0. The molecule has 3 rings (SSSR count). The van der Waals surface area contributed by atoms with Crippen molar-refractivity contribution in [2.24, 2.45) is 4.99 Å². The van der Waals surface area contributed by atoms with Crippen LogP contribution in [0.1, 0.15) is 25.7 Å². The van der Waals surface area contributed by atoms with Gasteiger partial charge in [-0.25, -0.2) is 18.2 Å². The van der Waals surface area contributed by atoms with Gasteiger partial charge in [0.15, 0.2) is 16.8 Å². The number of piperidine rings is 1. The Labute approximate surface area is 192 Å². The molecule has 1 aliphatic rings. The first kappa shape index (κ1) is 24.5. The Morgan fingerprint density at radius 3 is 2.50 bits per heavy atom. The monoisotopic (exact) mass is 465 g/mol. The molecule has 0 radical (unpaired) electrons. The molecule has 0 amide bonds. The van der Waals surface area contributed by atoms with Crippen molar-refractivity contribution in [3.63, 3.8) is 0 Å². The minimum Gasteiger partial charge on any atom is -0.493 e. The van der Waals surface area contributed by atoms with E-state index in [0.717, 1.165) is 62.6 Å². The maximum atomic E-state index is 14.0. The lowest BCUT2D eigenvalue weighted by Crippen LogP contribution is -2.45. The number of para-hydroxylation sites is 1. The summed E-state index contributed by atoms with van der Waals surface area (Å²) in [5.74, 6) is -1.71. The molecule has 0 atom stereocenters. The number of unbranched alkanes of at least 4 members (excludes halogenated alkanes) is 1. The molecule has 0 aliphatic carbocycles. The Balaban J connectivity index is 1.38. The van der Waals surface area contributed by atoms with Gasteiger partial charge in [-0.3, -0.25) is 0 Å². The molecule has 32 heavy (non-hydrogen) atoms. The number of ether oxygens (including phenoxy) is 1. The zero-order valence-electron chi connectivity index (χ0n) is 18.6. The number of rotatable bonds is 8. The molecule has 0 unspecified atom stereocenters. The van der Waals surface area contributed by atoms with Gasteiger partial charge in [-0.05, 0) is 62.7 Å². The Morgan fingerprint density at radius 1 is 1.06 bits per heavy atom. The second-order valence-corrected chi connectivity index (χ2v) is 8.64. The lowest BCUT2D eigenvalue weighted by atomic mass is 10.0. The van der Waals surface area contributed by atoms with Crippen molar-refractivity contribution < 1.29 is 17.9 Å². The van der Waals surface area contributed by atoms with E-state index in [0.29, 0.717) is 24.1 Å². The number of likely N-dealkylation sites (tertiary alicyclic amines) is 1. The lowest BCUT2D eigenvalue weighted by Gasteiger charge is -2.37. The number of thioether (sulfide) groups is 1. The summed E-state index contributed by atoms with van der Waals surface area (Å²) in [5.41, 5.74) is 0.367. The fourth-order valence-corrected chi connectivity index (χ4v) is 4.42. The highest BCUT2D eigenvalue weighted by Gasteiger charge is 2.24. The third-order valence-electron chi connectivity index (χ3n) is 5.69. The molecular formula is C24H30F3N3OS. The highest BCUT2D eigenvalue weighted by molar-refractivity contribution is 8.13. The summed E-state index contributed by atoms with van der Waals surface area (Å²) in [6.07, 6.45) is 5.85. The van der Waals surface area contributed by atoms with Crippen molar-refractivity contribution in [3.05, 3.63) is 59.9 Å². The van der Waals surface area contributed by atoms with E-state index in [2.05, 4.69) is 14.8 Å². The van der Waals surface area contributed by atoms with Crippen LogP contribution in [0.5, 0.6) is 5.75 Å². The van der Waals surface area contributed by atoms with Crippen LogP contribution >= 0.6 is 11.8 Å². The van der Waals surface area contributed by atoms with Crippen molar-refractivity contribution >= 4 is 22.6 Å². The van der Waals surface area contributed by atoms with E-state index in [4.69, 9.17) is 4.74 Å². The molecule has 4 nitrogen and oxygen atoms in total. The molecule has 0 bridgehead atoms. The smallest absolute Gasteiger partial charge is 0.164 e. The summed E-state index contributed by atoms with van der Waals surface area (Å²) >= 11 is 1.53. The normalized spacial score (nSPS) is 15.7. The third kappa shape index (κ3) is 6.90. The Bertz CT molecular complexity index is 904. The quantitative estimate of drug-likeness (QED) is 0.284. The first-order valence-corrected chi connectivity index (χ1v) is 12.1. The van der Waals surface area contributed by atoms with Gasteiger partial charge in [-0.15, -0.1) is 0 Å². The van der Waals surface area contributed by atoms with Crippen LogP contribution in [-0.2, 0) is 0 Å².